The Bertz CT molecular complexity index is 1020. The number of carbonyl (C=O) groups is 2. The molecule has 0 spiro atoms. The van der Waals surface area contributed by atoms with Gasteiger partial charge in [0.25, 0.3) is 0 Å². The number of hydrogen-bond acceptors (Lipinski definition) is 6. The molecule has 1 heterocycles. The highest BCUT2D eigenvalue weighted by atomic mass is 35.5. The van der Waals surface area contributed by atoms with Gasteiger partial charge in [-0.15, -0.1) is 23.2 Å². The quantitative estimate of drug-likeness (QED) is 0.496. The van der Waals surface area contributed by atoms with Crippen LogP contribution in [-0.2, 0) is 9.53 Å². The van der Waals surface area contributed by atoms with Crippen molar-refractivity contribution in [3.05, 3.63) is 42.0 Å². The van der Waals surface area contributed by atoms with Crippen molar-refractivity contribution in [3.8, 4) is 23.0 Å². The molecule has 4 rings (SSSR count). The maximum atomic E-state index is 12.8. The van der Waals surface area contributed by atoms with Crippen LogP contribution in [0.4, 0.5) is 5.69 Å². The molecule has 9 heteroatoms. The predicted octanol–water partition coefficient (Wildman–Crippen LogP) is 4.91. The first-order valence-electron chi connectivity index (χ1n) is 9.31. The fraction of sp³-hybridized carbons (Fsp3) is 0.333. The number of ether oxygens (including phenoxy) is 4. The number of esters is 1. The number of benzene rings is 2. The minimum Gasteiger partial charge on any atom is -0.462 e. The van der Waals surface area contributed by atoms with Crippen molar-refractivity contribution in [2.45, 2.75) is 24.6 Å². The normalized spacial score (nSPS) is 20.4. The summed E-state index contributed by atoms with van der Waals surface area (Å²) >= 11 is 12.3. The molecule has 0 unspecified atom stereocenters. The minimum absolute atomic E-state index is 0.144. The van der Waals surface area contributed by atoms with Crippen LogP contribution in [0.3, 0.4) is 0 Å². The van der Waals surface area contributed by atoms with Gasteiger partial charge in [-0.25, -0.2) is 4.79 Å². The number of carbonyl (C=O) groups excluding carboxylic acids is 2. The molecule has 2 aliphatic rings. The van der Waals surface area contributed by atoms with Crippen LogP contribution in [-0.4, -0.2) is 29.6 Å². The van der Waals surface area contributed by atoms with Gasteiger partial charge in [-0.1, -0.05) is 0 Å². The van der Waals surface area contributed by atoms with E-state index in [0.29, 0.717) is 35.1 Å². The molecule has 1 amide bonds. The zero-order valence-electron chi connectivity index (χ0n) is 16.3. The molecule has 1 atom stereocenters. The van der Waals surface area contributed by atoms with Gasteiger partial charge in [0.05, 0.1) is 23.3 Å². The molecule has 2 aromatic carbocycles. The number of rotatable bonds is 6. The summed E-state index contributed by atoms with van der Waals surface area (Å²) in [6, 6.07) is 9.75. The van der Waals surface area contributed by atoms with Gasteiger partial charge in [-0.2, -0.15) is 0 Å². The van der Waals surface area contributed by atoms with Crippen molar-refractivity contribution in [2.24, 2.45) is 5.41 Å². The molecule has 0 radical (unpaired) electrons. The lowest BCUT2D eigenvalue weighted by Gasteiger charge is -2.17. The van der Waals surface area contributed by atoms with Crippen molar-refractivity contribution in [1.82, 2.24) is 0 Å². The summed E-state index contributed by atoms with van der Waals surface area (Å²) in [5.41, 5.74) is -0.374. The Labute approximate surface area is 183 Å². The van der Waals surface area contributed by atoms with Gasteiger partial charge in [0.15, 0.2) is 17.2 Å². The molecule has 158 valence electrons. The lowest BCUT2D eigenvalue weighted by Crippen LogP contribution is -2.26. The minimum atomic E-state index is -1.13. The number of alkyl halides is 2. The highest BCUT2D eigenvalue weighted by Gasteiger charge is 2.68. The van der Waals surface area contributed by atoms with E-state index in [-0.39, 0.29) is 24.9 Å². The van der Waals surface area contributed by atoms with Crippen LogP contribution in [0.25, 0.3) is 0 Å². The lowest BCUT2D eigenvalue weighted by atomic mass is 10.1. The predicted molar refractivity (Wildman–Crippen MR) is 111 cm³/mol. The van der Waals surface area contributed by atoms with Crippen molar-refractivity contribution < 1.29 is 28.5 Å². The first kappa shape index (κ1) is 20.6. The Morgan fingerprint density at radius 2 is 1.87 bits per heavy atom. The summed E-state index contributed by atoms with van der Waals surface area (Å²) in [7, 11) is 0. The molecule has 1 N–H and O–H groups in total. The van der Waals surface area contributed by atoms with Crippen LogP contribution >= 0.6 is 23.2 Å². The highest BCUT2D eigenvalue weighted by Crippen LogP contribution is 2.64. The first-order chi connectivity index (χ1) is 14.2. The van der Waals surface area contributed by atoms with Crippen molar-refractivity contribution in [1.29, 1.82) is 0 Å². The molecule has 30 heavy (non-hydrogen) atoms. The average molecular weight is 452 g/mol. The Kier molecular flexibility index (Phi) is 5.20. The molecule has 0 aromatic heterocycles. The summed E-state index contributed by atoms with van der Waals surface area (Å²) in [6.07, 6.45) is 0.324. The van der Waals surface area contributed by atoms with Crippen LogP contribution in [0.1, 0.15) is 30.6 Å². The summed E-state index contributed by atoms with van der Waals surface area (Å²) in [5, 5.41) is 2.78. The Morgan fingerprint density at radius 1 is 1.13 bits per heavy atom. The number of halogens is 2. The van der Waals surface area contributed by atoms with E-state index in [2.05, 4.69) is 5.32 Å². The monoisotopic (exact) mass is 451 g/mol. The van der Waals surface area contributed by atoms with Crippen LogP contribution in [0.2, 0.25) is 0 Å². The van der Waals surface area contributed by atoms with Crippen LogP contribution in [0.5, 0.6) is 23.0 Å². The number of fused-ring (bicyclic) bond motifs is 1. The summed E-state index contributed by atoms with van der Waals surface area (Å²) in [5.74, 6) is 1.10. The number of anilines is 1. The topological polar surface area (TPSA) is 83.1 Å². The van der Waals surface area contributed by atoms with Gasteiger partial charge in [-0.05, 0) is 50.6 Å². The van der Waals surface area contributed by atoms with Gasteiger partial charge < -0.3 is 24.3 Å². The van der Waals surface area contributed by atoms with Crippen molar-refractivity contribution in [3.63, 3.8) is 0 Å². The van der Waals surface area contributed by atoms with E-state index in [9.17, 15) is 9.59 Å². The summed E-state index contributed by atoms with van der Waals surface area (Å²) in [4.78, 5) is 24.9. The largest absolute Gasteiger partial charge is 0.462 e. The Balaban J connectivity index is 1.63. The second kappa shape index (κ2) is 7.56. The van der Waals surface area contributed by atoms with Crippen molar-refractivity contribution >= 4 is 40.8 Å². The fourth-order valence-electron chi connectivity index (χ4n) is 3.03. The van der Waals surface area contributed by atoms with E-state index in [0.717, 1.165) is 0 Å². The number of amides is 1. The van der Waals surface area contributed by atoms with Crippen molar-refractivity contribution in [2.75, 3.05) is 18.7 Å². The standard InChI is InChI=1S/C21H19Cl2NO6/c1-3-27-18(25)12-4-6-15(30-13-5-7-16-17(9-13)29-11-28-16)14(8-12)24-19(26)20(2)10-21(20,22)23/h4-9H,3,10-11H2,1-2H3,(H,24,26)/t20-/m1/s1. The second-order valence-corrected chi connectivity index (χ2v) is 8.70. The highest BCUT2D eigenvalue weighted by molar-refractivity contribution is 6.53. The molecule has 1 saturated carbocycles. The van der Waals surface area contributed by atoms with Gasteiger partial charge in [0, 0.05) is 6.07 Å². The lowest BCUT2D eigenvalue weighted by molar-refractivity contribution is -0.120. The SMILES string of the molecule is CCOC(=O)c1ccc(Oc2ccc3c(c2)OCO3)c(NC(=O)[C@@]2(C)CC2(Cl)Cl)c1. The van der Waals surface area contributed by atoms with Gasteiger partial charge in [0.1, 0.15) is 10.1 Å². The van der Waals surface area contributed by atoms with E-state index < -0.39 is 15.7 Å². The summed E-state index contributed by atoms with van der Waals surface area (Å²) in [6.45, 7) is 3.77. The van der Waals surface area contributed by atoms with Crippen LogP contribution < -0.4 is 19.5 Å². The first-order valence-corrected chi connectivity index (χ1v) is 10.1. The van der Waals surface area contributed by atoms with Crippen LogP contribution in [0.15, 0.2) is 36.4 Å². The van der Waals surface area contributed by atoms with Gasteiger partial charge in [-0.3, -0.25) is 4.79 Å². The summed E-state index contributed by atoms with van der Waals surface area (Å²) < 4.78 is 20.5. The second-order valence-electron chi connectivity index (χ2n) is 7.22. The fourth-order valence-corrected chi connectivity index (χ4v) is 3.74. The zero-order chi connectivity index (χ0) is 21.5. The third kappa shape index (κ3) is 3.75. The van der Waals surface area contributed by atoms with E-state index >= 15 is 0 Å². The van der Waals surface area contributed by atoms with Gasteiger partial charge >= 0.3 is 5.97 Å². The Morgan fingerprint density at radius 3 is 2.57 bits per heavy atom. The molecular formula is C21H19Cl2NO6. The molecule has 1 fully saturated rings. The third-order valence-electron chi connectivity index (χ3n) is 5.07. The maximum Gasteiger partial charge on any atom is 0.338 e. The van der Waals surface area contributed by atoms with Gasteiger partial charge in [0.2, 0.25) is 12.7 Å². The van der Waals surface area contributed by atoms with E-state index in [1.165, 1.54) is 6.07 Å². The number of nitrogens with one attached hydrogen (secondary N) is 1. The molecule has 7 nitrogen and oxygen atoms in total. The molecule has 0 saturated heterocycles. The molecular weight excluding hydrogens is 433 g/mol. The third-order valence-corrected chi connectivity index (χ3v) is 6.17. The number of hydrogen-bond donors (Lipinski definition) is 1. The zero-order valence-corrected chi connectivity index (χ0v) is 17.8. The van der Waals surface area contributed by atoms with E-state index in [4.69, 9.17) is 42.1 Å². The Hall–Kier alpha value is -2.64. The molecule has 1 aliphatic heterocycles. The molecule has 0 bridgehead atoms. The molecule has 1 aliphatic carbocycles. The van der Waals surface area contributed by atoms with E-state index in [1.54, 1.807) is 44.2 Å². The average Bonchev–Trinajstić information content (AvgIpc) is 3.03. The van der Waals surface area contributed by atoms with E-state index in [1.807, 2.05) is 0 Å². The smallest absolute Gasteiger partial charge is 0.338 e. The molecule has 2 aromatic rings. The van der Waals surface area contributed by atoms with Crippen LogP contribution in [0, 0.1) is 5.41 Å². The maximum absolute atomic E-state index is 12.8.